The second-order valence-electron chi connectivity index (χ2n) is 7.05. The van der Waals surface area contributed by atoms with E-state index in [1.54, 1.807) is 7.05 Å². The minimum atomic E-state index is -0.207. The van der Waals surface area contributed by atoms with Gasteiger partial charge in [0, 0.05) is 58.1 Å². The number of hydrogen-bond donors (Lipinski definition) is 2. The van der Waals surface area contributed by atoms with Crippen LogP contribution in [0.25, 0.3) is 0 Å². The lowest BCUT2D eigenvalue weighted by molar-refractivity contribution is -0.114. The van der Waals surface area contributed by atoms with Gasteiger partial charge in [-0.3, -0.25) is 9.79 Å². The number of halogens is 2. The Balaban J connectivity index is 0.00000320. The molecule has 8 heteroatoms. The number of carbonyl (C=O) groups is 1. The average Bonchev–Trinajstić information content (AvgIpc) is 2.73. The highest BCUT2D eigenvalue weighted by atomic mass is 127. The van der Waals surface area contributed by atoms with Gasteiger partial charge in [0.25, 0.3) is 0 Å². The molecule has 6 nitrogen and oxygen atoms in total. The molecular formula is C22H29FIN5O. The summed E-state index contributed by atoms with van der Waals surface area (Å²) >= 11 is 0. The lowest BCUT2D eigenvalue weighted by atomic mass is 10.1. The normalized spacial score (nSPS) is 14.2. The highest BCUT2D eigenvalue weighted by molar-refractivity contribution is 14.0. The second kappa shape index (κ2) is 11.7. The first-order valence-electron chi connectivity index (χ1n) is 9.88. The predicted octanol–water partition coefficient (Wildman–Crippen LogP) is 3.34. The molecule has 1 amide bonds. The molecule has 1 saturated heterocycles. The van der Waals surface area contributed by atoms with Crippen molar-refractivity contribution in [1.82, 2.24) is 10.2 Å². The van der Waals surface area contributed by atoms with Gasteiger partial charge in [0.1, 0.15) is 5.82 Å². The molecule has 2 N–H and O–H groups in total. The van der Waals surface area contributed by atoms with Crippen molar-refractivity contribution in [2.45, 2.75) is 13.3 Å². The molecule has 30 heavy (non-hydrogen) atoms. The van der Waals surface area contributed by atoms with Crippen molar-refractivity contribution < 1.29 is 9.18 Å². The summed E-state index contributed by atoms with van der Waals surface area (Å²) in [6.07, 6.45) is 0.870. The molecule has 2 aromatic rings. The van der Waals surface area contributed by atoms with Crippen LogP contribution in [0.4, 0.5) is 15.8 Å². The molecule has 3 rings (SSSR count). The molecule has 1 aliphatic rings. The van der Waals surface area contributed by atoms with Gasteiger partial charge in [-0.25, -0.2) is 4.39 Å². The molecule has 0 aliphatic carbocycles. The van der Waals surface area contributed by atoms with E-state index in [4.69, 9.17) is 0 Å². The minimum Gasteiger partial charge on any atom is -0.368 e. The SMILES string of the molecule is CN=C(NCCc1ccc(NC(C)=O)cc1)N1CCN(c2ccc(F)cc2)CC1.I. The van der Waals surface area contributed by atoms with Crippen LogP contribution in [-0.2, 0) is 11.2 Å². The van der Waals surface area contributed by atoms with E-state index in [0.29, 0.717) is 0 Å². The van der Waals surface area contributed by atoms with Crippen LogP contribution < -0.4 is 15.5 Å². The molecule has 0 atom stereocenters. The third-order valence-corrected chi connectivity index (χ3v) is 4.95. The monoisotopic (exact) mass is 525 g/mol. The topological polar surface area (TPSA) is 60.0 Å². The Kier molecular flexibility index (Phi) is 9.35. The van der Waals surface area contributed by atoms with Gasteiger partial charge >= 0.3 is 0 Å². The Morgan fingerprint density at radius 3 is 2.23 bits per heavy atom. The van der Waals surface area contributed by atoms with Crippen molar-refractivity contribution >= 4 is 47.2 Å². The number of nitrogens with one attached hydrogen (secondary N) is 2. The van der Waals surface area contributed by atoms with Gasteiger partial charge in [0.15, 0.2) is 5.96 Å². The molecular weight excluding hydrogens is 496 g/mol. The first kappa shape index (κ1) is 23.9. The minimum absolute atomic E-state index is 0. The van der Waals surface area contributed by atoms with Crippen molar-refractivity contribution in [2.75, 3.05) is 50.0 Å². The van der Waals surface area contributed by atoms with Crippen LogP contribution in [0.5, 0.6) is 0 Å². The van der Waals surface area contributed by atoms with Crippen molar-refractivity contribution in [3.8, 4) is 0 Å². The molecule has 0 radical (unpaired) electrons. The summed E-state index contributed by atoms with van der Waals surface area (Å²) in [5, 5.41) is 6.21. The fraction of sp³-hybridized carbons (Fsp3) is 0.364. The summed E-state index contributed by atoms with van der Waals surface area (Å²) < 4.78 is 13.1. The number of hydrogen-bond acceptors (Lipinski definition) is 3. The number of carbonyl (C=O) groups excluding carboxylic acids is 1. The highest BCUT2D eigenvalue weighted by Crippen LogP contribution is 2.17. The zero-order chi connectivity index (χ0) is 20.6. The zero-order valence-electron chi connectivity index (χ0n) is 17.4. The average molecular weight is 525 g/mol. The van der Waals surface area contributed by atoms with Gasteiger partial charge < -0.3 is 20.4 Å². The van der Waals surface area contributed by atoms with E-state index in [1.165, 1.54) is 24.6 Å². The molecule has 162 valence electrons. The van der Waals surface area contributed by atoms with Crippen LogP contribution >= 0.6 is 24.0 Å². The Bertz CT molecular complexity index is 834. The summed E-state index contributed by atoms with van der Waals surface area (Å²) in [6, 6.07) is 14.6. The van der Waals surface area contributed by atoms with E-state index in [0.717, 1.165) is 56.5 Å². The van der Waals surface area contributed by atoms with E-state index >= 15 is 0 Å². The Hall–Kier alpha value is -2.36. The summed E-state index contributed by atoms with van der Waals surface area (Å²) in [4.78, 5) is 20.0. The molecule has 0 unspecified atom stereocenters. The number of nitrogens with zero attached hydrogens (tertiary/aromatic N) is 3. The summed E-state index contributed by atoms with van der Waals surface area (Å²) in [7, 11) is 1.80. The summed E-state index contributed by atoms with van der Waals surface area (Å²) in [5.41, 5.74) is 3.06. The first-order valence-corrected chi connectivity index (χ1v) is 9.88. The first-order chi connectivity index (χ1) is 14.0. The van der Waals surface area contributed by atoms with E-state index in [9.17, 15) is 9.18 Å². The van der Waals surface area contributed by atoms with Crippen LogP contribution in [0.1, 0.15) is 12.5 Å². The number of piperazine rings is 1. The summed E-state index contributed by atoms with van der Waals surface area (Å²) in [5.74, 6) is 0.628. The third kappa shape index (κ3) is 6.86. The van der Waals surface area contributed by atoms with Crippen LogP contribution in [0.3, 0.4) is 0 Å². The van der Waals surface area contributed by atoms with Gasteiger partial charge in [0.05, 0.1) is 0 Å². The molecule has 1 fully saturated rings. The van der Waals surface area contributed by atoms with E-state index < -0.39 is 0 Å². The lowest BCUT2D eigenvalue weighted by Gasteiger charge is -2.37. The zero-order valence-corrected chi connectivity index (χ0v) is 19.7. The third-order valence-electron chi connectivity index (χ3n) is 4.95. The van der Waals surface area contributed by atoms with Crippen LogP contribution in [-0.4, -0.2) is 56.5 Å². The fourth-order valence-corrected chi connectivity index (χ4v) is 3.44. The quantitative estimate of drug-likeness (QED) is 0.357. The van der Waals surface area contributed by atoms with Crippen LogP contribution in [0, 0.1) is 5.82 Å². The number of amides is 1. The molecule has 0 saturated carbocycles. The molecule has 0 bridgehead atoms. The predicted molar refractivity (Wildman–Crippen MR) is 131 cm³/mol. The number of benzene rings is 2. The molecule has 1 aliphatic heterocycles. The number of guanidine groups is 1. The van der Waals surface area contributed by atoms with E-state index in [1.807, 2.05) is 36.4 Å². The number of aliphatic imine (C=N–C) groups is 1. The Labute approximate surface area is 194 Å². The molecule has 0 aromatic heterocycles. The maximum Gasteiger partial charge on any atom is 0.221 e. The maximum absolute atomic E-state index is 13.1. The Morgan fingerprint density at radius 1 is 1.03 bits per heavy atom. The van der Waals surface area contributed by atoms with Crippen LogP contribution in [0.15, 0.2) is 53.5 Å². The second-order valence-corrected chi connectivity index (χ2v) is 7.05. The molecule has 0 spiro atoms. The van der Waals surface area contributed by atoms with Gasteiger partial charge in [0.2, 0.25) is 5.91 Å². The van der Waals surface area contributed by atoms with E-state index in [2.05, 4.69) is 25.4 Å². The lowest BCUT2D eigenvalue weighted by Crippen LogP contribution is -2.52. The van der Waals surface area contributed by atoms with Crippen molar-refractivity contribution in [3.05, 3.63) is 59.9 Å². The van der Waals surface area contributed by atoms with Crippen molar-refractivity contribution in [3.63, 3.8) is 0 Å². The fourth-order valence-electron chi connectivity index (χ4n) is 3.44. The van der Waals surface area contributed by atoms with Crippen LogP contribution in [0.2, 0.25) is 0 Å². The smallest absolute Gasteiger partial charge is 0.221 e. The highest BCUT2D eigenvalue weighted by Gasteiger charge is 2.19. The van der Waals surface area contributed by atoms with E-state index in [-0.39, 0.29) is 35.7 Å². The number of rotatable bonds is 5. The largest absolute Gasteiger partial charge is 0.368 e. The Morgan fingerprint density at radius 2 is 1.67 bits per heavy atom. The van der Waals surface area contributed by atoms with Crippen molar-refractivity contribution in [1.29, 1.82) is 0 Å². The van der Waals surface area contributed by atoms with Gasteiger partial charge in [-0.15, -0.1) is 24.0 Å². The maximum atomic E-state index is 13.1. The molecule has 1 heterocycles. The summed E-state index contributed by atoms with van der Waals surface area (Å²) in [6.45, 7) is 5.76. The van der Waals surface area contributed by atoms with Gasteiger partial charge in [-0.2, -0.15) is 0 Å². The standard InChI is InChI=1S/C22H28FN5O.HI/c1-17(29)26-20-7-3-18(4-8-20)11-12-25-22(24-2)28-15-13-27(14-16-28)21-9-5-19(23)6-10-21;/h3-10H,11-16H2,1-2H3,(H,24,25)(H,26,29);1H. The molecule has 2 aromatic carbocycles. The van der Waals surface area contributed by atoms with Crippen molar-refractivity contribution in [2.24, 2.45) is 4.99 Å². The van der Waals surface area contributed by atoms with Gasteiger partial charge in [-0.1, -0.05) is 12.1 Å². The number of anilines is 2. The van der Waals surface area contributed by atoms with Gasteiger partial charge in [-0.05, 0) is 48.4 Å².